The predicted octanol–water partition coefficient (Wildman–Crippen LogP) is 3.22. The zero-order valence-electron chi connectivity index (χ0n) is 12.2. The van der Waals surface area contributed by atoms with Crippen LogP contribution in [0.5, 0.6) is 0 Å². The van der Waals surface area contributed by atoms with E-state index in [0.29, 0.717) is 12.3 Å². The summed E-state index contributed by atoms with van der Waals surface area (Å²) in [4.78, 5) is 4.60. The van der Waals surface area contributed by atoms with Crippen LogP contribution in [0.15, 0.2) is 18.2 Å². The van der Waals surface area contributed by atoms with E-state index in [9.17, 15) is 8.42 Å². The van der Waals surface area contributed by atoms with E-state index in [1.54, 1.807) is 0 Å². The molecular formula is C15H19ClN2O2S. The van der Waals surface area contributed by atoms with Gasteiger partial charge in [0.1, 0.15) is 5.82 Å². The maximum Gasteiger partial charge on any atom is 0.154 e. The topological polar surface area (TPSA) is 52.0 Å². The number of fused-ring (bicyclic) bond motifs is 1. The van der Waals surface area contributed by atoms with Crippen molar-refractivity contribution in [1.29, 1.82) is 0 Å². The number of imidazole rings is 1. The van der Waals surface area contributed by atoms with Gasteiger partial charge in [0.05, 0.1) is 27.4 Å². The first-order valence-corrected chi connectivity index (χ1v) is 9.36. The summed E-state index contributed by atoms with van der Waals surface area (Å²) in [6.45, 7) is 4.35. The molecule has 0 spiro atoms. The van der Waals surface area contributed by atoms with Crippen LogP contribution in [-0.2, 0) is 16.4 Å². The fourth-order valence-corrected chi connectivity index (χ4v) is 5.11. The second-order valence-corrected chi connectivity index (χ2v) is 8.83. The average Bonchev–Trinajstić information content (AvgIpc) is 2.92. The maximum absolute atomic E-state index is 12.1. The normalized spacial score (nSPS) is 22.7. The van der Waals surface area contributed by atoms with Gasteiger partial charge in [-0.15, -0.1) is 11.6 Å². The fourth-order valence-electron chi connectivity index (χ4n) is 3.14. The Bertz CT molecular complexity index is 780. The molecule has 0 bridgehead atoms. The van der Waals surface area contributed by atoms with Crippen molar-refractivity contribution >= 4 is 32.5 Å². The van der Waals surface area contributed by atoms with Gasteiger partial charge in [0, 0.05) is 6.54 Å². The summed E-state index contributed by atoms with van der Waals surface area (Å²) < 4.78 is 26.3. The van der Waals surface area contributed by atoms with E-state index < -0.39 is 9.84 Å². The molecule has 3 rings (SSSR count). The highest BCUT2D eigenvalue weighted by molar-refractivity contribution is 7.92. The van der Waals surface area contributed by atoms with E-state index in [0.717, 1.165) is 35.3 Å². The van der Waals surface area contributed by atoms with Gasteiger partial charge in [0.15, 0.2) is 9.84 Å². The van der Waals surface area contributed by atoms with Crippen LogP contribution in [0.1, 0.15) is 36.5 Å². The summed E-state index contributed by atoms with van der Waals surface area (Å²) >= 11 is 6.26. The molecule has 1 aromatic heterocycles. The first-order chi connectivity index (χ1) is 9.90. The van der Waals surface area contributed by atoms with Crippen LogP contribution in [0, 0.1) is 6.92 Å². The molecule has 4 nitrogen and oxygen atoms in total. The Kier molecular flexibility index (Phi) is 3.74. The van der Waals surface area contributed by atoms with Gasteiger partial charge in [-0.3, -0.25) is 0 Å². The molecule has 1 saturated heterocycles. The molecule has 6 heteroatoms. The third-order valence-corrected chi connectivity index (χ3v) is 6.66. The maximum atomic E-state index is 12.1. The molecular weight excluding hydrogens is 308 g/mol. The van der Waals surface area contributed by atoms with Crippen LogP contribution in [-0.4, -0.2) is 29.0 Å². The van der Waals surface area contributed by atoms with E-state index >= 15 is 0 Å². The van der Waals surface area contributed by atoms with E-state index in [1.165, 1.54) is 0 Å². The number of aromatic nitrogens is 2. The SMILES string of the molecule is Cc1cccc2nc(C(C)Cl)n(CC3CCCS3(=O)=O)c12. The van der Waals surface area contributed by atoms with Crippen molar-refractivity contribution in [3.8, 4) is 0 Å². The first kappa shape index (κ1) is 14.9. The van der Waals surface area contributed by atoms with Crippen LogP contribution in [0.2, 0.25) is 0 Å². The van der Waals surface area contributed by atoms with Gasteiger partial charge >= 0.3 is 0 Å². The Morgan fingerprint density at radius 2 is 2.24 bits per heavy atom. The second-order valence-electron chi connectivity index (χ2n) is 5.77. The number of sulfone groups is 1. The molecule has 114 valence electrons. The van der Waals surface area contributed by atoms with Crippen molar-refractivity contribution in [1.82, 2.24) is 9.55 Å². The Morgan fingerprint density at radius 1 is 1.48 bits per heavy atom. The molecule has 1 fully saturated rings. The summed E-state index contributed by atoms with van der Waals surface area (Å²) in [6.07, 6.45) is 1.48. The molecule has 0 amide bonds. The van der Waals surface area contributed by atoms with Crippen LogP contribution in [0.3, 0.4) is 0 Å². The number of nitrogens with zero attached hydrogens (tertiary/aromatic N) is 2. The number of rotatable bonds is 3. The quantitative estimate of drug-likeness (QED) is 0.814. The summed E-state index contributed by atoms with van der Waals surface area (Å²) in [5, 5.41) is -0.565. The van der Waals surface area contributed by atoms with Gasteiger partial charge in [0.25, 0.3) is 0 Å². The van der Waals surface area contributed by atoms with Crippen molar-refractivity contribution < 1.29 is 8.42 Å². The lowest BCUT2D eigenvalue weighted by atomic mass is 10.2. The lowest BCUT2D eigenvalue weighted by Gasteiger charge is -2.15. The number of benzene rings is 1. The van der Waals surface area contributed by atoms with Crippen LogP contribution in [0.4, 0.5) is 0 Å². The second kappa shape index (κ2) is 5.29. The van der Waals surface area contributed by atoms with E-state index in [-0.39, 0.29) is 10.6 Å². The van der Waals surface area contributed by atoms with Gasteiger partial charge in [-0.1, -0.05) is 12.1 Å². The highest BCUT2D eigenvalue weighted by Gasteiger charge is 2.33. The average molecular weight is 327 g/mol. The zero-order valence-corrected chi connectivity index (χ0v) is 13.8. The van der Waals surface area contributed by atoms with Crippen molar-refractivity contribution in [3.05, 3.63) is 29.6 Å². The number of hydrogen-bond acceptors (Lipinski definition) is 3. The molecule has 1 aliphatic rings. The number of alkyl halides is 1. The molecule has 2 unspecified atom stereocenters. The molecule has 2 atom stereocenters. The summed E-state index contributed by atoms with van der Waals surface area (Å²) in [7, 11) is -2.98. The van der Waals surface area contributed by atoms with Crippen molar-refractivity contribution in [2.45, 2.75) is 43.9 Å². The lowest BCUT2D eigenvalue weighted by Crippen LogP contribution is -2.23. The van der Waals surface area contributed by atoms with Gasteiger partial charge < -0.3 is 4.57 Å². The smallest absolute Gasteiger partial charge is 0.154 e. The summed E-state index contributed by atoms with van der Waals surface area (Å²) in [6, 6.07) is 5.93. The van der Waals surface area contributed by atoms with E-state index in [4.69, 9.17) is 11.6 Å². The van der Waals surface area contributed by atoms with Crippen molar-refractivity contribution in [2.75, 3.05) is 5.75 Å². The molecule has 1 aliphatic heterocycles. The molecule has 2 aromatic rings. The zero-order chi connectivity index (χ0) is 15.2. The number of halogens is 1. The molecule has 0 N–H and O–H groups in total. The van der Waals surface area contributed by atoms with Gasteiger partial charge in [0.2, 0.25) is 0 Å². The third-order valence-electron chi connectivity index (χ3n) is 4.20. The van der Waals surface area contributed by atoms with Crippen LogP contribution >= 0.6 is 11.6 Å². The standard InChI is InChI=1S/C15H19ClN2O2S/c1-10-5-3-7-13-14(10)18(15(17-13)11(2)16)9-12-6-4-8-21(12,19)20/h3,5,7,11-12H,4,6,8-9H2,1-2H3. The molecule has 0 saturated carbocycles. The van der Waals surface area contributed by atoms with E-state index in [2.05, 4.69) is 4.98 Å². The summed E-state index contributed by atoms with van der Waals surface area (Å²) in [5.41, 5.74) is 2.98. The van der Waals surface area contributed by atoms with Gasteiger partial charge in [-0.25, -0.2) is 13.4 Å². The minimum absolute atomic E-state index is 0.249. The number of hydrogen-bond donors (Lipinski definition) is 0. The van der Waals surface area contributed by atoms with Crippen molar-refractivity contribution in [3.63, 3.8) is 0 Å². The minimum Gasteiger partial charge on any atom is -0.325 e. The fraction of sp³-hybridized carbons (Fsp3) is 0.533. The lowest BCUT2D eigenvalue weighted by molar-refractivity contribution is 0.562. The number of para-hydroxylation sites is 1. The molecule has 1 aromatic carbocycles. The van der Waals surface area contributed by atoms with Gasteiger partial charge in [-0.05, 0) is 38.3 Å². The van der Waals surface area contributed by atoms with Crippen LogP contribution in [0.25, 0.3) is 11.0 Å². The predicted molar refractivity (Wildman–Crippen MR) is 85.5 cm³/mol. The third kappa shape index (κ3) is 2.57. The Hall–Kier alpha value is -1.07. The minimum atomic E-state index is -2.98. The largest absolute Gasteiger partial charge is 0.325 e. The Labute approximate surface area is 130 Å². The first-order valence-electron chi connectivity index (χ1n) is 7.21. The Morgan fingerprint density at radius 3 is 2.86 bits per heavy atom. The molecule has 0 aliphatic carbocycles. The van der Waals surface area contributed by atoms with E-state index in [1.807, 2.05) is 36.6 Å². The van der Waals surface area contributed by atoms with Crippen molar-refractivity contribution in [2.24, 2.45) is 0 Å². The highest BCUT2D eigenvalue weighted by Crippen LogP contribution is 2.30. The van der Waals surface area contributed by atoms with Crippen LogP contribution < -0.4 is 0 Å². The molecule has 0 radical (unpaired) electrons. The molecule has 21 heavy (non-hydrogen) atoms. The highest BCUT2D eigenvalue weighted by atomic mass is 35.5. The monoisotopic (exact) mass is 326 g/mol. The summed E-state index contributed by atoms with van der Waals surface area (Å²) in [5.74, 6) is 1.05. The molecule has 2 heterocycles. The van der Waals surface area contributed by atoms with Gasteiger partial charge in [-0.2, -0.15) is 0 Å². The number of aryl methyl sites for hydroxylation is 1. The Balaban J connectivity index is 2.14.